The largest absolute Gasteiger partial charge is 0.467 e. The van der Waals surface area contributed by atoms with Crippen molar-refractivity contribution in [3.63, 3.8) is 0 Å². The molecular formula is C25H26N4O2. The maximum atomic E-state index is 12.4. The van der Waals surface area contributed by atoms with Crippen LogP contribution in [-0.2, 0) is 4.79 Å². The fraction of sp³-hybridized carbons (Fsp3) is 0.240. The molecule has 1 amide bonds. The molecule has 0 saturated carbocycles. The minimum Gasteiger partial charge on any atom is -0.467 e. The zero-order valence-corrected chi connectivity index (χ0v) is 18.2. The van der Waals surface area contributed by atoms with Crippen LogP contribution in [0.2, 0.25) is 0 Å². The second-order valence-corrected chi connectivity index (χ2v) is 7.92. The zero-order valence-electron chi connectivity index (χ0n) is 18.2. The fourth-order valence-corrected chi connectivity index (χ4v) is 3.59. The molecule has 0 bridgehead atoms. The van der Waals surface area contributed by atoms with E-state index in [4.69, 9.17) is 4.74 Å². The van der Waals surface area contributed by atoms with E-state index in [0.29, 0.717) is 17.4 Å². The van der Waals surface area contributed by atoms with Crippen molar-refractivity contribution in [2.24, 2.45) is 0 Å². The van der Waals surface area contributed by atoms with Crippen LogP contribution < -0.4 is 10.1 Å². The fourth-order valence-electron chi connectivity index (χ4n) is 3.59. The molecule has 0 aliphatic rings. The summed E-state index contributed by atoms with van der Waals surface area (Å²) in [6.07, 6.45) is 0. The summed E-state index contributed by atoms with van der Waals surface area (Å²) in [7, 11) is 0. The van der Waals surface area contributed by atoms with Crippen LogP contribution >= 0.6 is 0 Å². The van der Waals surface area contributed by atoms with E-state index in [1.165, 1.54) is 5.56 Å². The standard InChI is InChI=1S/C25H26N4O2/c1-16(2)19-10-12-20(13-11-19)26-22(30)15-31-23-14-17(3)24-18(4)28-29(25(24)27-23)21-8-6-5-7-9-21/h5-14,16H,15H2,1-4H3,(H,26,30). The molecule has 4 aromatic rings. The molecule has 158 valence electrons. The van der Waals surface area contributed by atoms with Crippen LogP contribution in [0, 0.1) is 13.8 Å². The zero-order chi connectivity index (χ0) is 22.0. The van der Waals surface area contributed by atoms with Gasteiger partial charge in [-0.2, -0.15) is 10.1 Å². The number of para-hydroxylation sites is 1. The van der Waals surface area contributed by atoms with Crippen molar-refractivity contribution >= 4 is 22.6 Å². The van der Waals surface area contributed by atoms with Crippen molar-refractivity contribution in [3.8, 4) is 11.6 Å². The van der Waals surface area contributed by atoms with Gasteiger partial charge in [-0.25, -0.2) is 4.68 Å². The highest BCUT2D eigenvalue weighted by molar-refractivity contribution is 5.92. The number of hydrogen-bond donors (Lipinski definition) is 1. The van der Waals surface area contributed by atoms with Gasteiger partial charge in [0.1, 0.15) is 0 Å². The third-order valence-electron chi connectivity index (χ3n) is 5.20. The molecule has 0 atom stereocenters. The summed E-state index contributed by atoms with van der Waals surface area (Å²) in [6.45, 7) is 8.12. The topological polar surface area (TPSA) is 69.0 Å². The van der Waals surface area contributed by atoms with E-state index in [1.54, 1.807) is 4.68 Å². The third kappa shape index (κ3) is 4.43. The number of benzene rings is 2. The van der Waals surface area contributed by atoms with Crippen LogP contribution in [0.25, 0.3) is 16.7 Å². The molecule has 4 rings (SSSR count). The van der Waals surface area contributed by atoms with Gasteiger partial charge in [0.05, 0.1) is 11.4 Å². The lowest BCUT2D eigenvalue weighted by Crippen LogP contribution is -2.20. The van der Waals surface area contributed by atoms with Crippen molar-refractivity contribution in [2.45, 2.75) is 33.6 Å². The lowest BCUT2D eigenvalue weighted by Gasteiger charge is -2.10. The number of carbonyl (C=O) groups excluding carboxylic acids is 1. The monoisotopic (exact) mass is 414 g/mol. The highest BCUT2D eigenvalue weighted by Crippen LogP contribution is 2.26. The number of ether oxygens (including phenoxy) is 1. The van der Waals surface area contributed by atoms with E-state index in [-0.39, 0.29) is 12.5 Å². The number of nitrogens with zero attached hydrogens (tertiary/aromatic N) is 3. The molecule has 6 nitrogen and oxygen atoms in total. The van der Waals surface area contributed by atoms with Crippen LogP contribution in [0.15, 0.2) is 60.7 Å². The van der Waals surface area contributed by atoms with Gasteiger partial charge in [0.15, 0.2) is 12.3 Å². The second kappa shape index (κ2) is 8.60. The van der Waals surface area contributed by atoms with E-state index in [9.17, 15) is 4.79 Å². The Kier molecular flexibility index (Phi) is 5.71. The number of anilines is 1. The number of hydrogen-bond acceptors (Lipinski definition) is 4. The summed E-state index contributed by atoms with van der Waals surface area (Å²) < 4.78 is 7.53. The van der Waals surface area contributed by atoms with Gasteiger partial charge in [-0.15, -0.1) is 0 Å². The van der Waals surface area contributed by atoms with Gasteiger partial charge in [0.25, 0.3) is 5.91 Å². The number of rotatable bonds is 6. The van der Waals surface area contributed by atoms with Gasteiger partial charge in [-0.1, -0.05) is 44.2 Å². The van der Waals surface area contributed by atoms with Gasteiger partial charge < -0.3 is 10.1 Å². The number of aromatic nitrogens is 3. The quantitative estimate of drug-likeness (QED) is 0.472. The number of fused-ring (bicyclic) bond motifs is 1. The normalized spacial score (nSPS) is 11.1. The maximum Gasteiger partial charge on any atom is 0.262 e. The second-order valence-electron chi connectivity index (χ2n) is 7.92. The van der Waals surface area contributed by atoms with E-state index >= 15 is 0 Å². The Morgan fingerprint density at radius 1 is 1.06 bits per heavy atom. The summed E-state index contributed by atoms with van der Waals surface area (Å²) >= 11 is 0. The Morgan fingerprint density at radius 2 is 1.77 bits per heavy atom. The average molecular weight is 415 g/mol. The number of carbonyl (C=O) groups is 1. The van der Waals surface area contributed by atoms with Crippen LogP contribution in [0.3, 0.4) is 0 Å². The van der Waals surface area contributed by atoms with Gasteiger partial charge in [0.2, 0.25) is 5.88 Å². The van der Waals surface area contributed by atoms with Gasteiger partial charge in [0, 0.05) is 17.1 Å². The molecule has 2 aromatic heterocycles. The lowest BCUT2D eigenvalue weighted by molar-refractivity contribution is -0.118. The SMILES string of the molecule is Cc1cc(OCC(=O)Nc2ccc(C(C)C)cc2)nc2c1c(C)nn2-c1ccccc1. The first kappa shape index (κ1) is 20.6. The van der Waals surface area contributed by atoms with Crippen molar-refractivity contribution < 1.29 is 9.53 Å². The van der Waals surface area contributed by atoms with Crippen LogP contribution in [0.5, 0.6) is 5.88 Å². The van der Waals surface area contributed by atoms with Crippen molar-refractivity contribution in [2.75, 3.05) is 11.9 Å². The van der Waals surface area contributed by atoms with Crippen molar-refractivity contribution in [1.29, 1.82) is 0 Å². The molecule has 0 unspecified atom stereocenters. The molecule has 0 saturated heterocycles. The molecule has 2 heterocycles. The molecular weight excluding hydrogens is 388 g/mol. The first-order valence-electron chi connectivity index (χ1n) is 10.4. The Labute approximate surface area is 181 Å². The highest BCUT2D eigenvalue weighted by atomic mass is 16.5. The number of amides is 1. The summed E-state index contributed by atoms with van der Waals surface area (Å²) in [5, 5.41) is 8.51. The average Bonchev–Trinajstić information content (AvgIpc) is 3.10. The molecule has 2 aromatic carbocycles. The van der Waals surface area contributed by atoms with E-state index in [0.717, 1.165) is 28.0 Å². The Balaban J connectivity index is 1.51. The van der Waals surface area contributed by atoms with Gasteiger partial charge in [-0.3, -0.25) is 4.79 Å². The van der Waals surface area contributed by atoms with Crippen LogP contribution in [0.4, 0.5) is 5.69 Å². The van der Waals surface area contributed by atoms with Crippen LogP contribution in [-0.4, -0.2) is 27.3 Å². The smallest absolute Gasteiger partial charge is 0.262 e. The number of aryl methyl sites for hydroxylation is 2. The molecule has 1 N–H and O–H groups in total. The Hall–Kier alpha value is -3.67. The predicted molar refractivity (Wildman–Crippen MR) is 123 cm³/mol. The van der Waals surface area contributed by atoms with E-state index in [2.05, 4.69) is 29.2 Å². The summed E-state index contributed by atoms with van der Waals surface area (Å²) in [5.74, 6) is 0.613. The van der Waals surface area contributed by atoms with E-state index in [1.807, 2.05) is 74.5 Å². The molecule has 0 radical (unpaired) electrons. The molecule has 31 heavy (non-hydrogen) atoms. The Bertz CT molecular complexity index is 1210. The minimum atomic E-state index is -0.232. The third-order valence-corrected chi connectivity index (χ3v) is 5.20. The van der Waals surface area contributed by atoms with Gasteiger partial charge in [-0.05, 0) is 55.2 Å². The Morgan fingerprint density at radius 3 is 2.45 bits per heavy atom. The van der Waals surface area contributed by atoms with E-state index < -0.39 is 0 Å². The first-order chi connectivity index (χ1) is 14.9. The molecule has 0 fully saturated rings. The van der Waals surface area contributed by atoms with Crippen molar-refractivity contribution in [3.05, 3.63) is 77.5 Å². The highest BCUT2D eigenvalue weighted by Gasteiger charge is 2.15. The molecule has 0 aliphatic heterocycles. The molecule has 0 aliphatic carbocycles. The minimum absolute atomic E-state index is 0.123. The number of pyridine rings is 1. The predicted octanol–water partition coefficient (Wildman–Crippen LogP) is 5.18. The number of nitrogens with one attached hydrogen (secondary N) is 1. The molecule has 0 spiro atoms. The van der Waals surface area contributed by atoms with Crippen LogP contribution in [0.1, 0.15) is 36.6 Å². The van der Waals surface area contributed by atoms with Gasteiger partial charge >= 0.3 is 0 Å². The lowest BCUT2D eigenvalue weighted by atomic mass is 10.0. The van der Waals surface area contributed by atoms with Crippen molar-refractivity contribution in [1.82, 2.24) is 14.8 Å². The molecule has 6 heteroatoms. The maximum absolute atomic E-state index is 12.4. The summed E-state index contributed by atoms with van der Waals surface area (Å²) in [4.78, 5) is 17.0. The summed E-state index contributed by atoms with van der Waals surface area (Å²) in [6, 6.07) is 19.5. The summed E-state index contributed by atoms with van der Waals surface area (Å²) in [5.41, 5.74) is 5.51. The first-order valence-corrected chi connectivity index (χ1v) is 10.4.